The lowest BCUT2D eigenvalue weighted by molar-refractivity contribution is 0.00907. The van der Waals surface area contributed by atoms with Crippen molar-refractivity contribution in [2.75, 3.05) is 26.8 Å². The molecule has 2 aromatic rings. The number of aromatic nitrogens is 1. The number of pyridine rings is 1. The van der Waals surface area contributed by atoms with E-state index in [1.165, 1.54) is 0 Å². The summed E-state index contributed by atoms with van der Waals surface area (Å²) in [6.07, 6.45) is 1.99. The summed E-state index contributed by atoms with van der Waals surface area (Å²) < 4.78 is 5.42. The van der Waals surface area contributed by atoms with Crippen molar-refractivity contribution >= 4 is 16.8 Å². The minimum atomic E-state index is -0.0153. The van der Waals surface area contributed by atoms with Crippen LogP contribution in [0.25, 0.3) is 10.9 Å². The first kappa shape index (κ1) is 15.0. The fourth-order valence-corrected chi connectivity index (χ4v) is 3.05. The number of fused-ring (bicyclic) bond motifs is 1. The third-order valence-corrected chi connectivity index (χ3v) is 4.48. The number of nitrogens with zero attached hydrogens (tertiary/aromatic N) is 2. The highest BCUT2D eigenvalue weighted by molar-refractivity contribution is 5.94. The average Bonchev–Trinajstić information content (AvgIpc) is 2.54. The molecule has 3 rings (SSSR count). The minimum absolute atomic E-state index is 0.0153. The number of amides is 1. The van der Waals surface area contributed by atoms with Crippen LogP contribution >= 0.6 is 0 Å². The van der Waals surface area contributed by atoms with Crippen molar-refractivity contribution in [1.29, 1.82) is 0 Å². The molecular weight excluding hydrogens is 276 g/mol. The SMILES string of the molecule is CN(CC1(C)CCOCC1)C(=O)c1ccc2ccccc2n1. The van der Waals surface area contributed by atoms with Gasteiger partial charge in [0.1, 0.15) is 5.69 Å². The van der Waals surface area contributed by atoms with E-state index in [0.29, 0.717) is 5.69 Å². The second-order valence-corrected chi connectivity index (χ2v) is 6.47. The van der Waals surface area contributed by atoms with E-state index < -0.39 is 0 Å². The Balaban J connectivity index is 1.76. The van der Waals surface area contributed by atoms with E-state index in [1.54, 1.807) is 4.90 Å². The Morgan fingerprint density at radius 3 is 2.73 bits per heavy atom. The molecule has 0 radical (unpaired) electrons. The van der Waals surface area contributed by atoms with Gasteiger partial charge in [0.25, 0.3) is 5.91 Å². The zero-order chi connectivity index (χ0) is 15.6. The van der Waals surface area contributed by atoms with Crippen molar-refractivity contribution in [1.82, 2.24) is 9.88 Å². The predicted octanol–water partition coefficient (Wildman–Crippen LogP) is 3.12. The van der Waals surface area contributed by atoms with Crippen molar-refractivity contribution in [2.45, 2.75) is 19.8 Å². The van der Waals surface area contributed by atoms with Gasteiger partial charge in [-0.3, -0.25) is 4.79 Å². The molecular formula is C18H22N2O2. The van der Waals surface area contributed by atoms with Gasteiger partial charge in [-0.15, -0.1) is 0 Å². The Labute approximate surface area is 131 Å². The van der Waals surface area contributed by atoms with Crippen LogP contribution in [0, 0.1) is 5.41 Å². The summed E-state index contributed by atoms with van der Waals surface area (Å²) in [5, 5.41) is 1.05. The third kappa shape index (κ3) is 3.12. The first-order chi connectivity index (χ1) is 10.6. The fraction of sp³-hybridized carbons (Fsp3) is 0.444. The fourth-order valence-electron chi connectivity index (χ4n) is 3.05. The van der Waals surface area contributed by atoms with Crippen LogP contribution in [0.15, 0.2) is 36.4 Å². The summed E-state index contributed by atoms with van der Waals surface area (Å²) in [7, 11) is 1.86. The Hall–Kier alpha value is -1.94. The van der Waals surface area contributed by atoms with Gasteiger partial charge in [-0.1, -0.05) is 31.2 Å². The van der Waals surface area contributed by atoms with Gasteiger partial charge in [-0.2, -0.15) is 0 Å². The number of ether oxygens (including phenoxy) is 1. The molecule has 0 N–H and O–H groups in total. The standard InChI is InChI=1S/C18H22N2O2/c1-18(9-11-22-12-10-18)13-20(2)17(21)16-8-7-14-5-3-4-6-15(14)19-16/h3-8H,9-13H2,1-2H3. The molecule has 0 unspecified atom stereocenters. The van der Waals surface area contributed by atoms with Gasteiger partial charge >= 0.3 is 0 Å². The molecule has 4 nitrogen and oxygen atoms in total. The zero-order valence-corrected chi connectivity index (χ0v) is 13.2. The maximum atomic E-state index is 12.6. The highest BCUT2D eigenvalue weighted by Gasteiger charge is 2.30. The summed E-state index contributed by atoms with van der Waals surface area (Å²) in [6.45, 7) is 4.54. The molecule has 0 aliphatic carbocycles. The molecule has 1 amide bonds. The molecule has 0 atom stereocenters. The summed E-state index contributed by atoms with van der Waals surface area (Å²) in [4.78, 5) is 18.9. The van der Waals surface area contributed by atoms with Crippen molar-refractivity contribution in [2.24, 2.45) is 5.41 Å². The molecule has 1 aliphatic rings. The number of carbonyl (C=O) groups excluding carboxylic acids is 1. The molecule has 1 fully saturated rings. The molecule has 1 aromatic carbocycles. The predicted molar refractivity (Wildman–Crippen MR) is 86.9 cm³/mol. The molecule has 116 valence electrons. The monoisotopic (exact) mass is 298 g/mol. The summed E-state index contributed by atoms with van der Waals surface area (Å²) in [6, 6.07) is 11.6. The summed E-state index contributed by atoms with van der Waals surface area (Å²) in [5.74, 6) is -0.0153. The largest absolute Gasteiger partial charge is 0.381 e. The van der Waals surface area contributed by atoms with E-state index >= 15 is 0 Å². The quantitative estimate of drug-likeness (QED) is 0.874. The lowest BCUT2D eigenvalue weighted by atomic mass is 9.82. The van der Waals surface area contributed by atoms with Gasteiger partial charge in [0, 0.05) is 32.2 Å². The number of carbonyl (C=O) groups is 1. The highest BCUT2D eigenvalue weighted by Crippen LogP contribution is 2.30. The zero-order valence-electron chi connectivity index (χ0n) is 13.2. The molecule has 2 heterocycles. The Kier molecular flexibility index (Phi) is 4.12. The van der Waals surface area contributed by atoms with Crippen LogP contribution in [0.3, 0.4) is 0 Å². The molecule has 22 heavy (non-hydrogen) atoms. The molecule has 1 saturated heterocycles. The van der Waals surface area contributed by atoms with Crippen LogP contribution in [-0.4, -0.2) is 42.6 Å². The molecule has 1 aromatic heterocycles. The second-order valence-electron chi connectivity index (χ2n) is 6.47. The van der Waals surface area contributed by atoms with Gasteiger partial charge < -0.3 is 9.64 Å². The van der Waals surface area contributed by atoms with Crippen LogP contribution in [0.4, 0.5) is 0 Å². The van der Waals surface area contributed by atoms with Crippen LogP contribution in [-0.2, 0) is 4.74 Å². The van der Waals surface area contributed by atoms with E-state index in [2.05, 4.69) is 11.9 Å². The smallest absolute Gasteiger partial charge is 0.272 e. The Bertz CT molecular complexity index is 678. The number of benzene rings is 1. The van der Waals surface area contributed by atoms with Crippen LogP contribution < -0.4 is 0 Å². The van der Waals surface area contributed by atoms with Crippen LogP contribution in [0.2, 0.25) is 0 Å². The molecule has 4 heteroatoms. The van der Waals surface area contributed by atoms with E-state index in [-0.39, 0.29) is 11.3 Å². The Morgan fingerprint density at radius 1 is 1.23 bits per heavy atom. The van der Waals surface area contributed by atoms with Crippen LogP contribution in [0.1, 0.15) is 30.3 Å². The lowest BCUT2D eigenvalue weighted by Crippen LogP contribution is -2.40. The lowest BCUT2D eigenvalue weighted by Gasteiger charge is -2.36. The molecule has 0 spiro atoms. The second kappa shape index (κ2) is 6.05. The molecule has 0 bridgehead atoms. The maximum absolute atomic E-state index is 12.6. The van der Waals surface area contributed by atoms with E-state index in [0.717, 1.165) is 43.5 Å². The average molecular weight is 298 g/mol. The maximum Gasteiger partial charge on any atom is 0.272 e. The van der Waals surface area contributed by atoms with Gasteiger partial charge in [-0.05, 0) is 30.4 Å². The van der Waals surface area contributed by atoms with Crippen LogP contribution in [0.5, 0.6) is 0 Å². The van der Waals surface area contributed by atoms with E-state index in [1.807, 2.05) is 43.4 Å². The third-order valence-electron chi connectivity index (χ3n) is 4.48. The minimum Gasteiger partial charge on any atom is -0.381 e. The number of hydrogen-bond donors (Lipinski definition) is 0. The van der Waals surface area contributed by atoms with Crippen molar-refractivity contribution in [3.63, 3.8) is 0 Å². The van der Waals surface area contributed by atoms with Crippen molar-refractivity contribution in [3.8, 4) is 0 Å². The first-order valence-corrected chi connectivity index (χ1v) is 7.76. The number of hydrogen-bond acceptors (Lipinski definition) is 3. The molecule has 0 saturated carbocycles. The van der Waals surface area contributed by atoms with E-state index in [4.69, 9.17) is 4.74 Å². The number of rotatable bonds is 3. The Morgan fingerprint density at radius 2 is 1.95 bits per heavy atom. The van der Waals surface area contributed by atoms with E-state index in [9.17, 15) is 4.79 Å². The highest BCUT2D eigenvalue weighted by atomic mass is 16.5. The van der Waals surface area contributed by atoms with Gasteiger partial charge in [0.05, 0.1) is 5.52 Å². The topological polar surface area (TPSA) is 42.4 Å². The van der Waals surface area contributed by atoms with Gasteiger partial charge in [0.15, 0.2) is 0 Å². The number of para-hydroxylation sites is 1. The van der Waals surface area contributed by atoms with Crippen molar-refractivity contribution in [3.05, 3.63) is 42.1 Å². The summed E-state index contributed by atoms with van der Waals surface area (Å²) in [5.41, 5.74) is 1.51. The van der Waals surface area contributed by atoms with Gasteiger partial charge in [0.2, 0.25) is 0 Å². The van der Waals surface area contributed by atoms with Crippen molar-refractivity contribution < 1.29 is 9.53 Å². The normalized spacial score (nSPS) is 17.4. The first-order valence-electron chi connectivity index (χ1n) is 7.76. The molecule has 1 aliphatic heterocycles. The summed E-state index contributed by atoms with van der Waals surface area (Å²) >= 11 is 0. The van der Waals surface area contributed by atoms with Gasteiger partial charge in [-0.25, -0.2) is 4.98 Å².